The van der Waals surface area contributed by atoms with Crippen molar-refractivity contribution < 1.29 is 0 Å². The Hall–Kier alpha value is -0.830. The summed E-state index contributed by atoms with van der Waals surface area (Å²) in [7, 11) is 0. The molecule has 0 aliphatic rings. The molecule has 3 heteroatoms. The molecule has 0 aliphatic heterocycles. The number of H-pyrrole nitrogens is 1. The number of imidazole rings is 1. The molecule has 0 aromatic carbocycles. The summed E-state index contributed by atoms with van der Waals surface area (Å²) >= 11 is 0. The predicted octanol–water partition coefficient (Wildman–Crippen LogP) is 0.219. The van der Waals surface area contributed by atoms with Gasteiger partial charge < -0.3 is 10.7 Å². The van der Waals surface area contributed by atoms with Gasteiger partial charge in [-0.25, -0.2) is 4.98 Å². The average Bonchev–Trinajstić information content (AvgIpc) is 2.17. The second-order valence-corrected chi connectivity index (χ2v) is 2.03. The number of rotatable bonds is 2. The zero-order valence-corrected chi connectivity index (χ0v) is 5.52. The first-order chi connectivity index (χ1) is 4.33. The Labute approximate surface area is 54.3 Å². The fraction of sp³-hybridized carbons (Fsp3) is 0.500. The average molecular weight is 125 g/mol. The third-order valence-electron chi connectivity index (χ3n) is 1.14. The van der Waals surface area contributed by atoms with E-state index in [0.29, 0.717) is 6.54 Å². The van der Waals surface area contributed by atoms with E-state index in [1.165, 1.54) is 0 Å². The summed E-state index contributed by atoms with van der Waals surface area (Å²) in [6, 6.07) is 0. The van der Waals surface area contributed by atoms with Crippen molar-refractivity contribution in [1.29, 1.82) is 0 Å². The molecule has 0 saturated heterocycles. The summed E-state index contributed by atoms with van der Waals surface area (Å²) in [5, 5.41) is 0. The largest absolute Gasteiger partial charge is 0.348 e. The van der Waals surface area contributed by atoms with Crippen LogP contribution >= 0.6 is 0 Å². The summed E-state index contributed by atoms with van der Waals surface area (Å²) in [6.45, 7) is 2.61. The van der Waals surface area contributed by atoms with E-state index in [0.717, 1.165) is 17.9 Å². The Balaban J connectivity index is 2.61. The van der Waals surface area contributed by atoms with Gasteiger partial charge in [-0.2, -0.15) is 0 Å². The molecule has 0 aliphatic carbocycles. The van der Waals surface area contributed by atoms with Crippen LogP contribution < -0.4 is 5.73 Å². The second kappa shape index (κ2) is 2.64. The molecule has 0 fully saturated rings. The maximum atomic E-state index is 5.31. The molecule has 0 saturated carbocycles. The summed E-state index contributed by atoms with van der Waals surface area (Å²) in [6.07, 6.45) is 2.72. The van der Waals surface area contributed by atoms with E-state index in [1.54, 1.807) is 0 Å². The molecule has 1 aromatic rings. The SMILES string of the molecule is Cc1c[nH]c(CCN)n1. The van der Waals surface area contributed by atoms with Gasteiger partial charge in [-0.3, -0.25) is 0 Å². The van der Waals surface area contributed by atoms with Gasteiger partial charge in [0.05, 0.1) is 5.69 Å². The van der Waals surface area contributed by atoms with Crippen LogP contribution in [0.3, 0.4) is 0 Å². The summed E-state index contributed by atoms with van der Waals surface area (Å²) < 4.78 is 0. The standard InChI is InChI=1S/C6H11N3/c1-5-4-8-6(9-5)2-3-7/h4H,2-3,7H2,1H3,(H,8,9). The lowest BCUT2D eigenvalue weighted by atomic mass is 10.4. The molecule has 3 N–H and O–H groups in total. The minimum atomic E-state index is 0.660. The first-order valence-electron chi connectivity index (χ1n) is 3.04. The molecule has 0 unspecified atom stereocenters. The third kappa shape index (κ3) is 1.54. The van der Waals surface area contributed by atoms with E-state index in [4.69, 9.17) is 5.73 Å². The quantitative estimate of drug-likeness (QED) is 0.594. The lowest BCUT2D eigenvalue weighted by Crippen LogP contribution is -2.03. The van der Waals surface area contributed by atoms with Crippen molar-refractivity contribution >= 4 is 0 Å². The molecule has 9 heavy (non-hydrogen) atoms. The lowest BCUT2D eigenvalue weighted by molar-refractivity contribution is 0.891. The molecule has 1 rings (SSSR count). The van der Waals surface area contributed by atoms with Crippen LogP contribution in [0.4, 0.5) is 0 Å². The minimum absolute atomic E-state index is 0.660. The van der Waals surface area contributed by atoms with E-state index in [1.807, 2.05) is 13.1 Å². The van der Waals surface area contributed by atoms with Gasteiger partial charge in [-0.1, -0.05) is 0 Å². The number of nitrogens with one attached hydrogen (secondary N) is 1. The zero-order chi connectivity index (χ0) is 6.69. The highest BCUT2D eigenvalue weighted by Crippen LogP contribution is 1.93. The molecular weight excluding hydrogens is 114 g/mol. The Morgan fingerprint density at radius 3 is 3.00 bits per heavy atom. The van der Waals surface area contributed by atoms with Crippen molar-refractivity contribution in [2.24, 2.45) is 5.73 Å². The molecular formula is C6H11N3. The van der Waals surface area contributed by atoms with E-state index in [9.17, 15) is 0 Å². The molecule has 50 valence electrons. The Morgan fingerprint density at radius 2 is 2.56 bits per heavy atom. The topological polar surface area (TPSA) is 54.7 Å². The number of aromatic nitrogens is 2. The van der Waals surface area contributed by atoms with E-state index >= 15 is 0 Å². The van der Waals surface area contributed by atoms with Crippen LogP contribution in [0, 0.1) is 6.92 Å². The van der Waals surface area contributed by atoms with Gasteiger partial charge in [0.1, 0.15) is 5.82 Å². The number of hydrogen-bond donors (Lipinski definition) is 2. The van der Waals surface area contributed by atoms with Crippen LogP contribution in [0.1, 0.15) is 11.5 Å². The monoisotopic (exact) mass is 125 g/mol. The zero-order valence-electron chi connectivity index (χ0n) is 5.52. The van der Waals surface area contributed by atoms with Gasteiger partial charge in [0, 0.05) is 12.6 Å². The highest BCUT2D eigenvalue weighted by molar-refractivity contribution is 4.98. The Morgan fingerprint density at radius 1 is 1.78 bits per heavy atom. The first kappa shape index (κ1) is 6.29. The van der Waals surface area contributed by atoms with Crippen molar-refractivity contribution in [3.8, 4) is 0 Å². The highest BCUT2D eigenvalue weighted by Gasteiger charge is 1.92. The fourth-order valence-corrected chi connectivity index (χ4v) is 0.730. The fourth-order valence-electron chi connectivity index (χ4n) is 0.730. The van der Waals surface area contributed by atoms with E-state index in [-0.39, 0.29) is 0 Å². The number of nitrogens with two attached hydrogens (primary N) is 1. The van der Waals surface area contributed by atoms with Crippen molar-refractivity contribution in [1.82, 2.24) is 9.97 Å². The molecule has 1 heterocycles. The molecule has 0 radical (unpaired) electrons. The first-order valence-corrected chi connectivity index (χ1v) is 3.04. The van der Waals surface area contributed by atoms with Crippen LogP contribution in [-0.2, 0) is 6.42 Å². The normalized spacial score (nSPS) is 10.0. The van der Waals surface area contributed by atoms with Gasteiger partial charge in [-0.05, 0) is 13.5 Å². The van der Waals surface area contributed by atoms with Crippen LogP contribution in [0.25, 0.3) is 0 Å². The van der Waals surface area contributed by atoms with Crippen LogP contribution in [0.2, 0.25) is 0 Å². The molecule has 3 nitrogen and oxygen atoms in total. The Bertz CT molecular complexity index is 180. The van der Waals surface area contributed by atoms with Gasteiger partial charge >= 0.3 is 0 Å². The number of aromatic amines is 1. The Kier molecular flexibility index (Phi) is 1.85. The second-order valence-electron chi connectivity index (χ2n) is 2.03. The van der Waals surface area contributed by atoms with E-state index < -0.39 is 0 Å². The summed E-state index contributed by atoms with van der Waals surface area (Å²) in [4.78, 5) is 7.18. The third-order valence-corrected chi connectivity index (χ3v) is 1.14. The van der Waals surface area contributed by atoms with E-state index in [2.05, 4.69) is 9.97 Å². The van der Waals surface area contributed by atoms with Gasteiger partial charge in [0.2, 0.25) is 0 Å². The van der Waals surface area contributed by atoms with Crippen molar-refractivity contribution in [3.63, 3.8) is 0 Å². The molecule has 0 bridgehead atoms. The van der Waals surface area contributed by atoms with Crippen molar-refractivity contribution in [3.05, 3.63) is 17.7 Å². The van der Waals surface area contributed by atoms with Gasteiger partial charge in [-0.15, -0.1) is 0 Å². The minimum Gasteiger partial charge on any atom is -0.348 e. The summed E-state index contributed by atoms with van der Waals surface area (Å²) in [5.41, 5.74) is 6.34. The summed E-state index contributed by atoms with van der Waals surface area (Å²) in [5.74, 6) is 0.981. The maximum Gasteiger partial charge on any atom is 0.107 e. The number of hydrogen-bond acceptors (Lipinski definition) is 2. The van der Waals surface area contributed by atoms with Crippen LogP contribution in [0.5, 0.6) is 0 Å². The van der Waals surface area contributed by atoms with Crippen LogP contribution in [0.15, 0.2) is 6.20 Å². The smallest absolute Gasteiger partial charge is 0.107 e. The van der Waals surface area contributed by atoms with Gasteiger partial charge in [0.25, 0.3) is 0 Å². The predicted molar refractivity (Wildman–Crippen MR) is 36.1 cm³/mol. The molecule has 0 amide bonds. The van der Waals surface area contributed by atoms with Crippen molar-refractivity contribution in [2.75, 3.05) is 6.54 Å². The number of aryl methyl sites for hydroxylation is 1. The van der Waals surface area contributed by atoms with Crippen molar-refractivity contribution in [2.45, 2.75) is 13.3 Å². The highest BCUT2D eigenvalue weighted by atomic mass is 14.9. The molecule has 0 spiro atoms. The number of nitrogens with zero attached hydrogens (tertiary/aromatic N) is 1. The molecule has 0 atom stereocenters. The van der Waals surface area contributed by atoms with Crippen LogP contribution in [-0.4, -0.2) is 16.5 Å². The maximum absolute atomic E-state index is 5.31. The van der Waals surface area contributed by atoms with Gasteiger partial charge in [0.15, 0.2) is 0 Å². The molecule has 1 aromatic heterocycles. The lowest BCUT2D eigenvalue weighted by Gasteiger charge is -1.87.